The summed E-state index contributed by atoms with van der Waals surface area (Å²) in [5.41, 5.74) is 0.551. The van der Waals surface area contributed by atoms with E-state index in [-0.39, 0.29) is 11.8 Å². The van der Waals surface area contributed by atoms with Gasteiger partial charge in [-0.1, -0.05) is 22.9 Å². The Hall–Kier alpha value is -0.630. The van der Waals surface area contributed by atoms with Crippen molar-refractivity contribution in [1.29, 1.82) is 0 Å². The molecular formula is C13H13BrINO3. The first-order valence-electron chi connectivity index (χ1n) is 5.90. The number of carboxylic acids is 1. The van der Waals surface area contributed by atoms with Gasteiger partial charge >= 0.3 is 5.97 Å². The van der Waals surface area contributed by atoms with E-state index in [4.69, 9.17) is 0 Å². The van der Waals surface area contributed by atoms with Crippen LogP contribution in [0.15, 0.2) is 22.7 Å². The molecule has 1 heterocycles. The molecule has 0 aromatic heterocycles. The van der Waals surface area contributed by atoms with Crippen LogP contribution in [-0.4, -0.2) is 34.5 Å². The third kappa shape index (κ3) is 2.94. The van der Waals surface area contributed by atoms with Gasteiger partial charge in [0.1, 0.15) is 6.04 Å². The van der Waals surface area contributed by atoms with Crippen molar-refractivity contribution >= 4 is 50.4 Å². The van der Waals surface area contributed by atoms with E-state index in [9.17, 15) is 14.7 Å². The molecule has 1 saturated heterocycles. The molecule has 0 saturated carbocycles. The predicted octanol–water partition coefficient (Wildman–Crippen LogP) is 2.99. The molecule has 1 N–H and O–H groups in total. The number of hydrogen-bond acceptors (Lipinski definition) is 2. The minimum atomic E-state index is -0.927. The summed E-state index contributed by atoms with van der Waals surface area (Å²) >= 11 is 5.43. The molecule has 1 aromatic carbocycles. The van der Waals surface area contributed by atoms with Crippen LogP contribution < -0.4 is 0 Å². The molecule has 4 nitrogen and oxygen atoms in total. The largest absolute Gasteiger partial charge is 0.480 e. The summed E-state index contributed by atoms with van der Waals surface area (Å²) in [6.45, 7) is 2.37. The summed E-state index contributed by atoms with van der Waals surface area (Å²) in [5.74, 6) is -1.14. The van der Waals surface area contributed by atoms with Gasteiger partial charge in [0, 0.05) is 14.6 Å². The normalized spacial score (nSPS) is 22.6. The SMILES string of the molecule is CC1CCN(C(=O)c2cc(Br)ccc2I)C1C(=O)O. The number of hydrogen-bond donors (Lipinski definition) is 1. The molecule has 2 atom stereocenters. The van der Waals surface area contributed by atoms with Crippen molar-refractivity contribution in [3.63, 3.8) is 0 Å². The number of carboxylic acid groups (broad SMARTS) is 1. The Labute approximate surface area is 133 Å². The van der Waals surface area contributed by atoms with Crippen LogP contribution in [0.2, 0.25) is 0 Å². The summed E-state index contributed by atoms with van der Waals surface area (Å²) in [6.07, 6.45) is 0.729. The van der Waals surface area contributed by atoms with E-state index in [0.717, 1.165) is 14.5 Å². The summed E-state index contributed by atoms with van der Waals surface area (Å²) in [7, 11) is 0. The highest BCUT2D eigenvalue weighted by molar-refractivity contribution is 14.1. The number of carbonyl (C=O) groups excluding carboxylic acids is 1. The molecular weight excluding hydrogens is 425 g/mol. The van der Waals surface area contributed by atoms with Crippen molar-refractivity contribution < 1.29 is 14.7 Å². The fourth-order valence-electron chi connectivity index (χ4n) is 2.37. The maximum absolute atomic E-state index is 12.5. The number of likely N-dealkylation sites (tertiary alicyclic amines) is 1. The highest BCUT2D eigenvalue weighted by Gasteiger charge is 2.40. The van der Waals surface area contributed by atoms with E-state index in [2.05, 4.69) is 38.5 Å². The Morgan fingerprint density at radius 1 is 1.47 bits per heavy atom. The van der Waals surface area contributed by atoms with E-state index in [1.807, 2.05) is 19.1 Å². The van der Waals surface area contributed by atoms with E-state index >= 15 is 0 Å². The molecule has 6 heteroatoms. The minimum Gasteiger partial charge on any atom is -0.480 e. The zero-order valence-corrected chi connectivity index (χ0v) is 14.0. The zero-order valence-electron chi connectivity index (χ0n) is 10.3. The lowest BCUT2D eigenvalue weighted by molar-refractivity contribution is -0.142. The molecule has 1 amide bonds. The Balaban J connectivity index is 2.33. The number of rotatable bonds is 2. The van der Waals surface area contributed by atoms with Gasteiger partial charge in [-0.05, 0) is 53.1 Å². The van der Waals surface area contributed by atoms with E-state index in [0.29, 0.717) is 12.1 Å². The van der Waals surface area contributed by atoms with Gasteiger partial charge < -0.3 is 10.0 Å². The molecule has 1 aliphatic rings. The number of amides is 1. The first-order chi connectivity index (χ1) is 8.91. The van der Waals surface area contributed by atoms with Gasteiger partial charge in [-0.3, -0.25) is 4.79 Å². The Morgan fingerprint density at radius 2 is 2.16 bits per heavy atom. The average Bonchev–Trinajstić information content (AvgIpc) is 2.73. The van der Waals surface area contributed by atoms with Gasteiger partial charge in [-0.25, -0.2) is 4.79 Å². The topological polar surface area (TPSA) is 57.6 Å². The maximum Gasteiger partial charge on any atom is 0.326 e. The lowest BCUT2D eigenvalue weighted by Gasteiger charge is -2.24. The standard InChI is InChI=1S/C13H13BrINO3/c1-7-4-5-16(11(7)13(18)19)12(17)9-6-8(14)2-3-10(9)15/h2-3,6-7,11H,4-5H2,1H3,(H,18,19). The highest BCUT2D eigenvalue weighted by Crippen LogP contribution is 2.28. The third-order valence-corrected chi connectivity index (χ3v) is 4.81. The van der Waals surface area contributed by atoms with Crippen LogP contribution in [0.5, 0.6) is 0 Å². The molecule has 1 fully saturated rings. The van der Waals surface area contributed by atoms with Gasteiger partial charge in [0.15, 0.2) is 0 Å². The molecule has 1 aromatic rings. The monoisotopic (exact) mass is 437 g/mol. The third-order valence-electron chi connectivity index (χ3n) is 3.37. The second-order valence-electron chi connectivity index (χ2n) is 4.67. The lowest BCUT2D eigenvalue weighted by Crippen LogP contribution is -2.43. The minimum absolute atomic E-state index is 0.00809. The van der Waals surface area contributed by atoms with Crippen molar-refractivity contribution in [2.45, 2.75) is 19.4 Å². The smallest absolute Gasteiger partial charge is 0.326 e. The maximum atomic E-state index is 12.5. The summed E-state index contributed by atoms with van der Waals surface area (Å²) < 4.78 is 1.64. The van der Waals surface area contributed by atoms with Crippen LogP contribution in [0.4, 0.5) is 0 Å². The average molecular weight is 438 g/mol. The number of halogens is 2. The number of aliphatic carboxylic acids is 1. The van der Waals surface area contributed by atoms with Gasteiger partial charge in [0.05, 0.1) is 5.56 Å². The molecule has 2 rings (SSSR count). The fraction of sp³-hybridized carbons (Fsp3) is 0.385. The molecule has 19 heavy (non-hydrogen) atoms. The Kier molecular flexibility index (Phi) is 4.50. The van der Waals surface area contributed by atoms with Gasteiger partial charge in [0.25, 0.3) is 5.91 Å². The van der Waals surface area contributed by atoms with E-state index < -0.39 is 12.0 Å². The molecule has 1 aliphatic heterocycles. The van der Waals surface area contributed by atoms with E-state index in [1.54, 1.807) is 6.07 Å². The number of benzene rings is 1. The first kappa shape index (κ1) is 14.8. The van der Waals surface area contributed by atoms with Crippen molar-refractivity contribution in [3.05, 3.63) is 31.8 Å². The highest BCUT2D eigenvalue weighted by atomic mass is 127. The van der Waals surface area contributed by atoms with Gasteiger partial charge in [0.2, 0.25) is 0 Å². The van der Waals surface area contributed by atoms with Crippen molar-refractivity contribution in [2.75, 3.05) is 6.54 Å². The first-order valence-corrected chi connectivity index (χ1v) is 7.78. The van der Waals surface area contributed by atoms with Gasteiger partial charge in [-0.15, -0.1) is 0 Å². The van der Waals surface area contributed by atoms with Crippen LogP contribution in [0.3, 0.4) is 0 Å². The van der Waals surface area contributed by atoms with Crippen LogP contribution in [0.25, 0.3) is 0 Å². The Bertz CT molecular complexity index is 535. The summed E-state index contributed by atoms with van der Waals surface area (Å²) in [4.78, 5) is 25.3. The van der Waals surface area contributed by atoms with Crippen LogP contribution in [-0.2, 0) is 4.79 Å². The fourth-order valence-corrected chi connectivity index (χ4v) is 3.29. The zero-order chi connectivity index (χ0) is 14.2. The second-order valence-corrected chi connectivity index (χ2v) is 6.75. The molecule has 2 unspecified atom stereocenters. The number of nitrogens with zero attached hydrogens (tertiary/aromatic N) is 1. The Morgan fingerprint density at radius 3 is 2.79 bits per heavy atom. The van der Waals surface area contributed by atoms with Crippen LogP contribution in [0.1, 0.15) is 23.7 Å². The summed E-state index contributed by atoms with van der Waals surface area (Å²) in [6, 6.07) is 4.72. The van der Waals surface area contributed by atoms with E-state index in [1.165, 1.54) is 4.90 Å². The lowest BCUT2D eigenvalue weighted by atomic mass is 10.0. The van der Waals surface area contributed by atoms with Crippen LogP contribution in [0, 0.1) is 9.49 Å². The summed E-state index contributed by atoms with van der Waals surface area (Å²) in [5, 5.41) is 9.27. The van der Waals surface area contributed by atoms with Crippen LogP contribution >= 0.6 is 38.5 Å². The number of carbonyl (C=O) groups is 2. The predicted molar refractivity (Wildman–Crippen MR) is 83.1 cm³/mol. The molecule has 0 bridgehead atoms. The van der Waals surface area contributed by atoms with Crippen molar-refractivity contribution in [2.24, 2.45) is 5.92 Å². The van der Waals surface area contributed by atoms with Crippen molar-refractivity contribution in [1.82, 2.24) is 4.90 Å². The molecule has 0 spiro atoms. The molecule has 0 radical (unpaired) electrons. The second kappa shape index (κ2) is 5.78. The van der Waals surface area contributed by atoms with Crippen molar-refractivity contribution in [3.8, 4) is 0 Å². The quantitative estimate of drug-likeness (QED) is 0.723. The molecule has 102 valence electrons. The molecule has 0 aliphatic carbocycles. The van der Waals surface area contributed by atoms with Gasteiger partial charge in [-0.2, -0.15) is 0 Å².